The zero-order valence-corrected chi connectivity index (χ0v) is 12.9. The van der Waals surface area contributed by atoms with Gasteiger partial charge in [-0.3, -0.25) is 0 Å². The lowest BCUT2D eigenvalue weighted by Gasteiger charge is -1.95. The molecule has 11 heavy (non-hydrogen) atoms. The van der Waals surface area contributed by atoms with Gasteiger partial charge < -0.3 is 4.74 Å². The predicted octanol–water partition coefficient (Wildman–Crippen LogP) is 3.98. The Labute approximate surface area is 94.6 Å². The lowest BCUT2D eigenvalue weighted by molar-refractivity contribution is 0.135. The fourth-order valence-corrected chi connectivity index (χ4v) is 0.391. The molecule has 0 unspecified atom stereocenters. The van der Waals surface area contributed by atoms with E-state index in [-0.39, 0.29) is 0 Å². The molecule has 0 aliphatic carbocycles. The SMILES string of the molecule is CCCOCCC.[Br][Al]([Br])[Br]. The first kappa shape index (κ1) is 15.4. The number of hydrogen-bond acceptors (Lipinski definition) is 1. The summed E-state index contributed by atoms with van der Waals surface area (Å²) in [4.78, 5) is 0. The molecule has 0 aromatic rings. The molecule has 0 fully saturated rings. The van der Waals surface area contributed by atoms with Crippen LogP contribution in [0.15, 0.2) is 0 Å². The fourth-order valence-electron chi connectivity index (χ4n) is 0.391. The zero-order chi connectivity index (χ0) is 9.11. The Morgan fingerprint density at radius 1 is 1.00 bits per heavy atom. The van der Waals surface area contributed by atoms with Crippen LogP contribution in [-0.4, -0.2) is 21.9 Å². The number of ether oxygens (including phenoxy) is 1. The summed E-state index contributed by atoms with van der Waals surface area (Å²) in [6, 6.07) is 0. The van der Waals surface area contributed by atoms with Crippen molar-refractivity contribution in [1.82, 2.24) is 0 Å². The number of rotatable bonds is 4. The van der Waals surface area contributed by atoms with Crippen LogP contribution in [0.5, 0.6) is 0 Å². The van der Waals surface area contributed by atoms with Crippen LogP contribution in [-0.2, 0) is 4.74 Å². The summed E-state index contributed by atoms with van der Waals surface area (Å²) in [6.07, 6.45) is 2.28. The van der Waals surface area contributed by atoms with Crippen LogP contribution in [0.1, 0.15) is 26.7 Å². The normalized spacial score (nSPS) is 8.45. The number of halogens is 3. The van der Waals surface area contributed by atoms with Gasteiger partial charge in [-0.25, -0.2) is 0 Å². The van der Waals surface area contributed by atoms with E-state index in [1.807, 2.05) is 0 Å². The predicted molar refractivity (Wildman–Crippen MR) is 63.9 cm³/mol. The minimum Gasteiger partial charge on any atom is -0.381 e. The van der Waals surface area contributed by atoms with E-state index in [1.165, 1.54) is 0 Å². The molecule has 0 radical (unpaired) electrons. The topological polar surface area (TPSA) is 9.23 Å². The molecule has 0 saturated heterocycles. The monoisotopic (exact) mass is 366 g/mol. The van der Waals surface area contributed by atoms with E-state index in [0.717, 1.165) is 26.1 Å². The van der Waals surface area contributed by atoms with E-state index in [2.05, 4.69) is 56.0 Å². The largest absolute Gasteiger partial charge is 0.542 e. The summed E-state index contributed by atoms with van der Waals surface area (Å²) in [5, 5.41) is 0. The van der Waals surface area contributed by atoms with Gasteiger partial charge in [-0.1, -0.05) is 13.8 Å². The molecular weight excluding hydrogens is 355 g/mol. The van der Waals surface area contributed by atoms with Crippen molar-refractivity contribution in [1.29, 1.82) is 0 Å². The van der Waals surface area contributed by atoms with Crippen LogP contribution in [0.25, 0.3) is 0 Å². The van der Waals surface area contributed by atoms with Crippen LogP contribution in [0, 0.1) is 0 Å². The first-order valence-corrected chi connectivity index (χ1v) is 13.2. The van der Waals surface area contributed by atoms with Gasteiger partial charge in [0.15, 0.2) is 0 Å². The van der Waals surface area contributed by atoms with Gasteiger partial charge in [-0.2, -0.15) is 42.2 Å². The molecule has 0 saturated carbocycles. The quantitative estimate of drug-likeness (QED) is 0.538. The highest BCUT2D eigenvalue weighted by Gasteiger charge is 1.95. The van der Waals surface area contributed by atoms with Crippen molar-refractivity contribution in [2.75, 3.05) is 13.2 Å². The smallest absolute Gasteiger partial charge is 0.381 e. The lowest BCUT2D eigenvalue weighted by Crippen LogP contribution is -1.92. The van der Waals surface area contributed by atoms with E-state index in [9.17, 15) is 0 Å². The van der Waals surface area contributed by atoms with Gasteiger partial charge in [-0.05, 0) is 12.8 Å². The Balaban J connectivity index is 0. The summed E-state index contributed by atoms with van der Waals surface area (Å²) >= 11 is 9.73. The highest BCUT2D eigenvalue weighted by atomic mass is 80.0. The van der Waals surface area contributed by atoms with Crippen LogP contribution in [0.4, 0.5) is 0 Å². The maximum Gasteiger partial charge on any atom is 0.542 e. The third kappa shape index (κ3) is 33.4. The van der Waals surface area contributed by atoms with Gasteiger partial charge in [0.05, 0.1) is 0 Å². The second-order valence-corrected chi connectivity index (χ2v) is 21.7. The van der Waals surface area contributed by atoms with Crippen LogP contribution in [0.2, 0.25) is 0 Å². The molecule has 0 amide bonds. The molecule has 0 heterocycles. The minimum absolute atomic E-state index is 0.701. The van der Waals surface area contributed by atoms with Gasteiger partial charge in [-0.15, -0.1) is 0 Å². The molecule has 0 aliphatic heterocycles. The third-order valence-corrected chi connectivity index (χ3v) is 0.697. The van der Waals surface area contributed by atoms with Gasteiger partial charge in [0.25, 0.3) is 0 Å². The molecule has 1 nitrogen and oxygen atoms in total. The third-order valence-electron chi connectivity index (χ3n) is 0.697. The van der Waals surface area contributed by atoms with Crippen molar-refractivity contribution < 1.29 is 4.74 Å². The second-order valence-electron chi connectivity index (χ2n) is 1.86. The highest BCUT2D eigenvalue weighted by molar-refractivity contribution is 9.69. The molecule has 0 aromatic heterocycles. The Morgan fingerprint density at radius 2 is 1.27 bits per heavy atom. The Hall–Kier alpha value is 1.93. The molecular formula is C6H14AlBr3O. The standard InChI is InChI=1S/C6H14O.Al.3BrH/c1-3-5-7-6-4-2;;;;/h3-6H2,1-2H3;;3*1H/q;+3;;;/p-3. The van der Waals surface area contributed by atoms with Gasteiger partial charge in [0.1, 0.15) is 0 Å². The van der Waals surface area contributed by atoms with E-state index in [4.69, 9.17) is 4.74 Å². The summed E-state index contributed by atoms with van der Waals surface area (Å²) in [5.74, 6) is 0. The molecule has 0 rings (SSSR count). The van der Waals surface area contributed by atoms with E-state index in [1.54, 1.807) is 0 Å². The second kappa shape index (κ2) is 14.5. The van der Waals surface area contributed by atoms with Crippen LogP contribution >= 0.6 is 42.2 Å². The van der Waals surface area contributed by atoms with Crippen molar-refractivity contribution in [2.24, 2.45) is 0 Å². The average molecular weight is 369 g/mol. The maximum absolute atomic E-state index is 5.13. The Morgan fingerprint density at radius 3 is 1.45 bits per heavy atom. The molecule has 5 heteroatoms. The van der Waals surface area contributed by atoms with Gasteiger partial charge in [0, 0.05) is 13.2 Å². The van der Waals surface area contributed by atoms with E-state index < -0.39 is 8.67 Å². The fraction of sp³-hybridized carbons (Fsp3) is 1.00. The van der Waals surface area contributed by atoms with Crippen LogP contribution in [0.3, 0.4) is 0 Å². The summed E-state index contributed by atoms with van der Waals surface area (Å²) < 4.78 is 5.13. The molecule has 0 atom stereocenters. The van der Waals surface area contributed by atoms with E-state index in [0.29, 0.717) is 0 Å². The lowest BCUT2D eigenvalue weighted by atomic mass is 10.5. The molecule has 0 N–H and O–H groups in total. The molecule has 68 valence electrons. The van der Waals surface area contributed by atoms with Crippen molar-refractivity contribution in [3.8, 4) is 0 Å². The highest BCUT2D eigenvalue weighted by Crippen LogP contribution is 2.07. The Kier molecular flexibility index (Phi) is 20.2. The van der Waals surface area contributed by atoms with Gasteiger partial charge >= 0.3 is 8.67 Å². The van der Waals surface area contributed by atoms with E-state index >= 15 is 0 Å². The molecule has 0 spiro atoms. The van der Waals surface area contributed by atoms with Crippen LogP contribution < -0.4 is 0 Å². The molecule has 0 aromatic carbocycles. The zero-order valence-electron chi connectivity index (χ0n) is 6.95. The maximum atomic E-state index is 5.13. The summed E-state index contributed by atoms with van der Waals surface area (Å²) in [6.45, 7) is 6.09. The van der Waals surface area contributed by atoms with Crippen molar-refractivity contribution >= 4 is 50.8 Å². The number of hydrogen-bond donors (Lipinski definition) is 0. The van der Waals surface area contributed by atoms with Crippen molar-refractivity contribution in [3.05, 3.63) is 0 Å². The molecule has 0 aliphatic rings. The van der Waals surface area contributed by atoms with Gasteiger partial charge in [0.2, 0.25) is 0 Å². The first-order valence-electron chi connectivity index (χ1n) is 3.65. The first-order chi connectivity index (χ1) is 5.15. The summed E-state index contributed by atoms with van der Waals surface area (Å²) in [5.41, 5.74) is 0. The Bertz CT molecular complexity index is 57.0. The summed E-state index contributed by atoms with van der Waals surface area (Å²) in [7, 11) is -0.701. The molecule has 0 bridgehead atoms. The van der Waals surface area contributed by atoms with Crippen molar-refractivity contribution in [3.63, 3.8) is 0 Å². The average Bonchev–Trinajstić information content (AvgIpc) is 1.88. The van der Waals surface area contributed by atoms with Crippen molar-refractivity contribution in [2.45, 2.75) is 26.7 Å². The minimum atomic E-state index is -0.701.